The predicted molar refractivity (Wildman–Crippen MR) is 137 cm³/mol. The number of hydrogen-bond acceptors (Lipinski definition) is 5. The molecule has 0 aromatic heterocycles. The van der Waals surface area contributed by atoms with Gasteiger partial charge in [-0.05, 0) is 59.9 Å². The van der Waals surface area contributed by atoms with Crippen molar-refractivity contribution in [2.24, 2.45) is 0 Å². The molecule has 0 spiro atoms. The van der Waals surface area contributed by atoms with E-state index < -0.39 is 28.2 Å². The molecule has 3 aromatic rings. The summed E-state index contributed by atoms with van der Waals surface area (Å²) in [4.78, 5) is 1.92. The number of sulfone groups is 1. The van der Waals surface area contributed by atoms with Gasteiger partial charge in [0.25, 0.3) is 0 Å². The van der Waals surface area contributed by atoms with Crippen molar-refractivity contribution in [2.75, 3.05) is 26.0 Å². The Morgan fingerprint density at radius 3 is 2.34 bits per heavy atom. The van der Waals surface area contributed by atoms with Crippen LogP contribution in [0.1, 0.15) is 28.7 Å². The fourth-order valence-corrected chi connectivity index (χ4v) is 5.18. The predicted octanol–water partition coefficient (Wildman–Crippen LogP) is 5.91. The van der Waals surface area contributed by atoms with E-state index in [0.29, 0.717) is 37.2 Å². The monoisotopic (exact) mass is 573 g/mol. The Morgan fingerprint density at radius 1 is 1.00 bits per heavy atom. The highest BCUT2D eigenvalue weighted by Gasteiger charge is 2.34. The van der Waals surface area contributed by atoms with Crippen LogP contribution in [0.25, 0.3) is 0 Å². The SMILES string of the molecule is CS(=O)(=O)c1cc(OCCCN(CCc2ccc(F)cc2)Cc2cccc(C(F)(F)F)c2Cl)ccc1CO. The molecule has 0 atom stereocenters. The molecule has 0 amide bonds. The first-order chi connectivity index (χ1) is 17.9. The lowest BCUT2D eigenvalue weighted by atomic mass is 10.1. The van der Waals surface area contributed by atoms with Gasteiger partial charge in [-0.3, -0.25) is 4.90 Å². The average molecular weight is 574 g/mol. The molecule has 0 saturated heterocycles. The Hall–Kier alpha value is -2.66. The Labute approximate surface area is 224 Å². The number of rotatable bonds is 12. The smallest absolute Gasteiger partial charge is 0.417 e. The van der Waals surface area contributed by atoms with E-state index in [1.165, 1.54) is 30.3 Å². The van der Waals surface area contributed by atoms with Gasteiger partial charge < -0.3 is 9.84 Å². The van der Waals surface area contributed by atoms with Crippen LogP contribution in [0.3, 0.4) is 0 Å². The van der Waals surface area contributed by atoms with E-state index in [-0.39, 0.29) is 34.5 Å². The second-order valence-electron chi connectivity index (χ2n) is 8.83. The number of aliphatic hydroxyl groups excluding tert-OH is 1. The fraction of sp³-hybridized carbons (Fsp3) is 0.333. The summed E-state index contributed by atoms with van der Waals surface area (Å²) in [6.45, 7) is 0.866. The van der Waals surface area contributed by atoms with Crippen LogP contribution in [0, 0.1) is 5.82 Å². The first-order valence-electron chi connectivity index (χ1n) is 11.8. The van der Waals surface area contributed by atoms with E-state index in [9.17, 15) is 31.1 Å². The molecule has 0 fully saturated rings. The summed E-state index contributed by atoms with van der Waals surface area (Å²) in [5, 5.41) is 9.05. The van der Waals surface area contributed by atoms with Crippen molar-refractivity contribution in [3.05, 3.63) is 93.8 Å². The number of ether oxygens (including phenoxy) is 1. The summed E-state index contributed by atoms with van der Waals surface area (Å²) in [7, 11) is -3.57. The lowest BCUT2D eigenvalue weighted by Gasteiger charge is -2.24. The van der Waals surface area contributed by atoms with Crippen molar-refractivity contribution in [3.63, 3.8) is 0 Å². The molecule has 0 aliphatic rings. The van der Waals surface area contributed by atoms with Gasteiger partial charge in [0.1, 0.15) is 11.6 Å². The second kappa shape index (κ2) is 12.9. The third-order valence-electron chi connectivity index (χ3n) is 5.90. The molecule has 11 heteroatoms. The standard InChI is InChI=1S/C27H28ClF4NO4S/c1-38(35,36)25-16-23(11-8-21(25)18-34)37-15-3-13-33(14-12-19-6-9-22(29)10-7-19)17-20-4-2-5-24(26(20)28)27(30,31)32/h2,4-11,16,34H,3,12-15,17-18H2,1H3. The molecule has 0 heterocycles. The maximum absolute atomic E-state index is 13.3. The lowest BCUT2D eigenvalue weighted by Crippen LogP contribution is -2.28. The summed E-state index contributed by atoms with van der Waals surface area (Å²) in [6.07, 6.45) is -2.51. The van der Waals surface area contributed by atoms with E-state index in [1.807, 2.05) is 4.90 Å². The summed E-state index contributed by atoms with van der Waals surface area (Å²) < 4.78 is 83.0. The second-order valence-corrected chi connectivity index (χ2v) is 11.2. The van der Waals surface area contributed by atoms with Crippen LogP contribution in [0.5, 0.6) is 5.75 Å². The zero-order valence-electron chi connectivity index (χ0n) is 20.6. The zero-order valence-corrected chi connectivity index (χ0v) is 22.2. The van der Waals surface area contributed by atoms with Crippen molar-refractivity contribution in [2.45, 2.75) is 37.1 Å². The third-order valence-corrected chi connectivity index (χ3v) is 7.53. The molecule has 3 aromatic carbocycles. The van der Waals surface area contributed by atoms with Crippen LogP contribution in [-0.2, 0) is 35.6 Å². The summed E-state index contributed by atoms with van der Waals surface area (Å²) in [6, 6.07) is 14.2. The molecule has 0 saturated carbocycles. The highest BCUT2D eigenvalue weighted by Crippen LogP contribution is 2.36. The largest absolute Gasteiger partial charge is 0.494 e. The normalized spacial score (nSPS) is 12.2. The highest BCUT2D eigenvalue weighted by molar-refractivity contribution is 7.90. The summed E-state index contributed by atoms with van der Waals surface area (Å²) in [5.74, 6) is -0.0361. The van der Waals surface area contributed by atoms with Gasteiger partial charge in [0.15, 0.2) is 9.84 Å². The molecular weight excluding hydrogens is 546 g/mol. The number of aliphatic hydroxyl groups is 1. The molecule has 0 radical (unpaired) electrons. The number of hydrogen-bond donors (Lipinski definition) is 1. The number of alkyl halides is 3. The van der Waals surface area contributed by atoms with Crippen LogP contribution < -0.4 is 4.74 Å². The number of benzene rings is 3. The van der Waals surface area contributed by atoms with E-state index in [0.717, 1.165) is 17.9 Å². The lowest BCUT2D eigenvalue weighted by molar-refractivity contribution is -0.137. The highest BCUT2D eigenvalue weighted by atomic mass is 35.5. The Bertz CT molecular complexity index is 1330. The van der Waals surface area contributed by atoms with E-state index >= 15 is 0 Å². The molecule has 0 aliphatic heterocycles. The molecule has 1 N–H and O–H groups in total. The van der Waals surface area contributed by atoms with Gasteiger partial charge in [0.2, 0.25) is 0 Å². The van der Waals surface area contributed by atoms with Gasteiger partial charge in [0.05, 0.1) is 28.7 Å². The Balaban J connectivity index is 1.69. The van der Waals surface area contributed by atoms with Crippen molar-refractivity contribution in [1.29, 1.82) is 0 Å². The molecular formula is C27H28ClF4NO4S. The van der Waals surface area contributed by atoms with Crippen molar-refractivity contribution < 1.29 is 35.8 Å². The molecule has 38 heavy (non-hydrogen) atoms. The number of nitrogens with zero attached hydrogens (tertiary/aromatic N) is 1. The van der Waals surface area contributed by atoms with Gasteiger partial charge in [0, 0.05) is 25.9 Å². The van der Waals surface area contributed by atoms with Crippen LogP contribution in [0.4, 0.5) is 17.6 Å². The quantitative estimate of drug-likeness (QED) is 0.216. The maximum Gasteiger partial charge on any atom is 0.417 e. The Morgan fingerprint density at radius 2 is 1.71 bits per heavy atom. The van der Waals surface area contributed by atoms with Gasteiger partial charge in [-0.15, -0.1) is 0 Å². The van der Waals surface area contributed by atoms with E-state index in [4.69, 9.17) is 16.3 Å². The minimum atomic E-state index is -4.57. The maximum atomic E-state index is 13.3. The molecule has 206 valence electrons. The Kier molecular flexibility index (Phi) is 10.2. The van der Waals surface area contributed by atoms with Gasteiger partial charge in [-0.25, -0.2) is 12.8 Å². The van der Waals surface area contributed by atoms with Crippen LogP contribution in [0.15, 0.2) is 65.6 Å². The molecule has 0 bridgehead atoms. The summed E-state index contributed by atoms with van der Waals surface area (Å²) >= 11 is 6.11. The average Bonchev–Trinajstić information content (AvgIpc) is 2.85. The topological polar surface area (TPSA) is 66.8 Å². The minimum absolute atomic E-state index is 0.0161. The van der Waals surface area contributed by atoms with Crippen molar-refractivity contribution in [3.8, 4) is 5.75 Å². The van der Waals surface area contributed by atoms with Crippen LogP contribution in [-0.4, -0.2) is 44.4 Å². The first-order valence-corrected chi connectivity index (χ1v) is 14.0. The molecule has 0 unspecified atom stereocenters. The van der Waals surface area contributed by atoms with Gasteiger partial charge >= 0.3 is 6.18 Å². The molecule has 5 nitrogen and oxygen atoms in total. The molecule has 3 rings (SSSR count). The van der Waals surface area contributed by atoms with E-state index in [1.54, 1.807) is 24.3 Å². The molecule has 0 aliphatic carbocycles. The third kappa shape index (κ3) is 8.42. The van der Waals surface area contributed by atoms with Crippen LogP contribution >= 0.6 is 11.6 Å². The first kappa shape index (κ1) is 29.9. The van der Waals surface area contributed by atoms with Crippen LogP contribution in [0.2, 0.25) is 5.02 Å². The number of halogens is 5. The fourth-order valence-electron chi connectivity index (χ4n) is 3.95. The summed E-state index contributed by atoms with van der Waals surface area (Å²) in [5.41, 5.74) is 0.579. The van der Waals surface area contributed by atoms with Gasteiger partial charge in [-0.2, -0.15) is 13.2 Å². The van der Waals surface area contributed by atoms with Gasteiger partial charge in [-0.1, -0.05) is 41.9 Å². The van der Waals surface area contributed by atoms with Crippen molar-refractivity contribution in [1.82, 2.24) is 4.90 Å². The van der Waals surface area contributed by atoms with E-state index in [2.05, 4.69) is 0 Å². The minimum Gasteiger partial charge on any atom is -0.494 e. The van der Waals surface area contributed by atoms with Crippen molar-refractivity contribution >= 4 is 21.4 Å². The zero-order chi connectivity index (χ0) is 27.9.